The molecule has 0 aliphatic heterocycles. The molecule has 1 heterocycles. The van der Waals surface area contributed by atoms with Crippen molar-refractivity contribution in [2.75, 3.05) is 0 Å². The van der Waals surface area contributed by atoms with Crippen molar-refractivity contribution in [1.29, 1.82) is 0 Å². The van der Waals surface area contributed by atoms with Crippen molar-refractivity contribution >= 4 is 54.8 Å². The minimum absolute atomic E-state index is 0.447. The van der Waals surface area contributed by atoms with Gasteiger partial charge in [-0.15, -0.1) is 0 Å². The van der Waals surface area contributed by atoms with Crippen LogP contribution in [0, 0.1) is 0 Å². The Bertz CT molecular complexity index is 489. The van der Waals surface area contributed by atoms with E-state index in [2.05, 4.69) is 36.8 Å². The van der Waals surface area contributed by atoms with Gasteiger partial charge in [0.05, 0.1) is 4.47 Å². The molecule has 0 unspecified atom stereocenters. The van der Waals surface area contributed by atoms with E-state index in [1.807, 2.05) is 18.2 Å². The number of hydrogen-bond acceptors (Lipinski definition) is 3. The molecule has 0 radical (unpaired) electrons. The highest BCUT2D eigenvalue weighted by Crippen LogP contribution is 2.33. The lowest BCUT2D eigenvalue weighted by Crippen LogP contribution is -1.84. The van der Waals surface area contributed by atoms with E-state index in [0.717, 1.165) is 8.95 Å². The van der Waals surface area contributed by atoms with E-state index < -0.39 is 0 Å². The molecule has 0 bridgehead atoms. The van der Waals surface area contributed by atoms with E-state index in [1.54, 1.807) is 5.38 Å². The van der Waals surface area contributed by atoms with Crippen LogP contribution in [0.4, 0.5) is 0 Å². The molecule has 6 heteroatoms. The standard InChI is InChI=1S/C9H4Br2ClNOS/c10-5-1-2-7(6(11)3-5)14-9-13-8(12)4-15-9/h1-4H. The quantitative estimate of drug-likeness (QED) is 0.733. The van der Waals surface area contributed by atoms with Gasteiger partial charge >= 0.3 is 0 Å². The number of hydrogen-bond donors (Lipinski definition) is 0. The van der Waals surface area contributed by atoms with Gasteiger partial charge in [0.2, 0.25) is 0 Å². The van der Waals surface area contributed by atoms with Crippen molar-refractivity contribution in [3.05, 3.63) is 37.7 Å². The van der Waals surface area contributed by atoms with Crippen LogP contribution >= 0.6 is 54.8 Å². The third kappa shape index (κ3) is 2.93. The lowest BCUT2D eigenvalue weighted by molar-refractivity contribution is 0.476. The first-order chi connectivity index (χ1) is 7.15. The van der Waals surface area contributed by atoms with Gasteiger partial charge in [-0.05, 0) is 34.1 Å². The Morgan fingerprint density at radius 3 is 2.73 bits per heavy atom. The van der Waals surface area contributed by atoms with Crippen molar-refractivity contribution in [3.8, 4) is 10.9 Å². The molecule has 0 N–H and O–H groups in total. The lowest BCUT2D eigenvalue weighted by atomic mass is 10.3. The molecule has 78 valence electrons. The maximum absolute atomic E-state index is 5.69. The average Bonchev–Trinajstić information content (AvgIpc) is 2.56. The molecular weight excluding hydrogens is 365 g/mol. The third-order valence-electron chi connectivity index (χ3n) is 1.55. The molecule has 1 aromatic heterocycles. The van der Waals surface area contributed by atoms with Crippen LogP contribution in [0.1, 0.15) is 0 Å². The highest BCUT2D eigenvalue weighted by Gasteiger charge is 2.06. The topological polar surface area (TPSA) is 22.1 Å². The van der Waals surface area contributed by atoms with Crippen LogP contribution in [0.5, 0.6) is 10.9 Å². The van der Waals surface area contributed by atoms with Crippen molar-refractivity contribution in [3.63, 3.8) is 0 Å². The van der Waals surface area contributed by atoms with Crippen molar-refractivity contribution in [2.24, 2.45) is 0 Å². The fourth-order valence-electron chi connectivity index (χ4n) is 0.938. The second-order valence-corrected chi connectivity index (χ2v) is 5.59. The Balaban J connectivity index is 2.24. The minimum Gasteiger partial charge on any atom is -0.430 e. The summed E-state index contributed by atoms with van der Waals surface area (Å²) in [5.74, 6) is 0.712. The molecule has 0 amide bonds. The summed E-state index contributed by atoms with van der Waals surface area (Å²) in [4.78, 5) is 4.00. The molecule has 15 heavy (non-hydrogen) atoms. The molecule has 1 aromatic carbocycles. The molecule has 2 rings (SSSR count). The van der Waals surface area contributed by atoms with E-state index in [4.69, 9.17) is 16.3 Å². The largest absolute Gasteiger partial charge is 0.430 e. The maximum atomic E-state index is 5.69. The Labute approximate surface area is 113 Å². The third-order valence-corrected chi connectivity index (χ3v) is 3.70. The monoisotopic (exact) mass is 367 g/mol. The average molecular weight is 369 g/mol. The molecule has 0 fully saturated rings. The van der Waals surface area contributed by atoms with Gasteiger partial charge in [0.25, 0.3) is 5.19 Å². The Kier molecular flexibility index (Phi) is 3.66. The lowest BCUT2D eigenvalue weighted by Gasteiger charge is -2.04. The summed E-state index contributed by atoms with van der Waals surface area (Å²) in [6, 6.07) is 5.66. The zero-order valence-electron chi connectivity index (χ0n) is 7.21. The molecule has 0 atom stereocenters. The SMILES string of the molecule is Clc1csc(Oc2ccc(Br)cc2Br)n1. The maximum Gasteiger partial charge on any atom is 0.280 e. The van der Waals surface area contributed by atoms with Gasteiger partial charge in [-0.1, -0.05) is 38.9 Å². The molecule has 0 aliphatic carbocycles. The second-order valence-electron chi connectivity index (χ2n) is 2.61. The number of aromatic nitrogens is 1. The van der Waals surface area contributed by atoms with Crippen LogP contribution in [0.3, 0.4) is 0 Å². The second kappa shape index (κ2) is 4.82. The highest BCUT2D eigenvalue weighted by atomic mass is 79.9. The Morgan fingerprint density at radius 2 is 2.13 bits per heavy atom. The van der Waals surface area contributed by atoms with Crippen molar-refractivity contribution < 1.29 is 4.74 Å². The van der Waals surface area contributed by atoms with Crippen LogP contribution in [0.2, 0.25) is 5.15 Å². The van der Waals surface area contributed by atoms with E-state index in [1.165, 1.54) is 11.3 Å². The Morgan fingerprint density at radius 1 is 1.33 bits per heavy atom. The summed E-state index contributed by atoms with van der Waals surface area (Å²) in [7, 11) is 0. The van der Waals surface area contributed by atoms with E-state index in [-0.39, 0.29) is 0 Å². The van der Waals surface area contributed by atoms with Crippen LogP contribution in [0.25, 0.3) is 0 Å². The molecule has 0 saturated carbocycles. The van der Waals surface area contributed by atoms with E-state index in [9.17, 15) is 0 Å². The van der Waals surface area contributed by atoms with Gasteiger partial charge in [0, 0.05) is 9.85 Å². The summed E-state index contributed by atoms with van der Waals surface area (Å²) in [5, 5.41) is 2.70. The zero-order valence-corrected chi connectivity index (χ0v) is 12.0. The number of ether oxygens (including phenoxy) is 1. The smallest absolute Gasteiger partial charge is 0.280 e. The molecule has 2 nitrogen and oxygen atoms in total. The number of halogens is 3. The van der Waals surface area contributed by atoms with Gasteiger partial charge in [-0.3, -0.25) is 0 Å². The van der Waals surface area contributed by atoms with Gasteiger partial charge in [-0.25, -0.2) is 0 Å². The summed E-state index contributed by atoms with van der Waals surface area (Å²) < 4.78 is 7.39. The summed E-state index contributed by atoms with van der Waals surface area (Å²) in [5.41, 5.74) is 0. The first-order valence-corrected chi connectivity index (χ1v) is 6.73. The molecule has 2 aromatic rings. The van der Waals surface area contributed by atoms with E-state index in [0.29, 0.717) is 16.1 Å². The van der Waals surface area contributed by atoms with Crippen molar-refractivity contribution in [2.45, 2.75) is 0 Å². The van der Waals surface area contributed by atoms with Crippen LogP contribution in [-0.2, 0) is 0 Å². The first kappa shape index (κ1) is 11.4. The number of thiazole rings is 1. The van der Waals surface area contributed by atoms with Crippen molar-refractivity contribution in [1.82, 2.24) is 4.98 Å². The number of nitrogens with zero attached hydrogens (tertiary/aromatic N) is 1. The van der Waals surface area contributed by atoms with Crippen LogP contribution in [-0.4, -0.2) is 4.98 Å². The van der Waals surface area contributed by atoms with Gasteiger partial charge in [-0.2, -0.15) is 4.98 Å². The highest BCUT2D eigenvalue weighted by molar-refractivity contribution is 9.11. The van der Waals surface area contributed by atoms with Gasteiger partial charge in [0.15, 0.2) is 0 Å². The fraction of sp³-hybridized carbons (Fsp3) is 0. The minimum atomic E-state index is 0.447. The first-order valence-electron chi connectivity index (χ1n) is 3.89. The van der Waals surface area contributed by atoms with E-state index >= 15 is 0 Å². The predicted octanol–water partition coefficient (Wildman–Crippen LogP) is 5.11. The molecular formula is C9H4Br2ClNOS. The summed E-state index contributed by atoms with van der Waals surface area (Å²) in [6.07, 6.45) is 0. The zero-order chi connectivity index (χ0) is 10.8. The van der Waals surface area contributed by atoms with Gasteiger partial charge in [0.1, 0.15) is 10.9 Å². The normalized spacial score (nSPS) is 10.3. The number of benzene rings is 1. The number of rotatable bonds is 2. The summed E-state index contributed by atoms with van der Waals surface area (Å²) in [6.45, 7) is 0. The molecule has 0 aliphatic rings. The fourth-order valence-corrected chi connectivity index (χ4v) is 2.87. The molecule has 0 saturated heterocycles. The Hall–Kier alpha value is -0.100. The van der Waals surface area contributed by atoms with Crippen LogP contribution in [0.15, 0.2) is 32.5 Å². The molecule has 0 spiro atoms. The van der Waals surface area contributed by atoms with Crippen LogP contribution < -0.4 is 4.74 Å². The summed E-state index contributed by atoms with van der Waals surface area (Å²) >= 11 is 13.8. The van der Waals surface area contributed by atoms with Gasteiger partial charge < -0.3 is 4.74 Å². The predicted molar refractivity (Wildman–Crippen MR) is 69.0 cm³/mol.